The van der Waals surface area contributed by atoms with Crippen LogP contribution in [0, 0.1) is 0 Å². The molecule has 1 aliphatic rings. The second-order valence-corrected chi connectivity index (χ2v) is 5.85. The molecule has 0 spiro atoms. The van der Waals surface area contributed by atoms with Gasteiger partial charge in [-0.05, 0) is 23.4 Å². The smallest absolute Gasteiger partial charge is 0.264 e. The highest BCUT2D eigenvalue weighted by atomic mass is 32.1. The Hall–Kier alpha value is -2.14. The molecule has 2 aromatic rings. The first-order valence-corrected chi connectivity index (χ1v) is 7.79. The minimum absolute atomic E-state index is 0.0961. The van der Waals surface area contributed by atoms with Gasteiger partial charge in [0.15, 0.2) is 0 Å². The molecular formula is C16H16N2O2S. The van der Waals surface area contributed by atoms with E-state index in [0.717, 1.165) is 17.7 Å². The summed E-state index contributed by atoms with van der Waals surface area (Å²) in [7, 11) is 0. The first kappa shape index (κ1) is 13.8. The molecule has 3 rings (SSSR count). The fraction of sp³-hybridized carbons (Fsp3) is 0.250. The van der Waals surface area contributed by atoms with Crippen molar-refractivity contribution in [3.05, 3.63) is 58.3 Å². The molecule has 2 heterocycles. The Morgan fingerprint density at radius 3 is 2.90 bits per heavy atom. The van der Waals surface area contributed by atoms with E-state index in [1.165, 1.54) is 4.88 Å². The van der Waals surface area contributed by atoms with Gasteiger partial charge in [0.2, 0.25) is 6.10 Å². The van der Waals surface area contributed by atoms with Gasteiger partial charge in [-0.15, -0.1) is 11.3 Å². The summed E-state index contributed by atoms with van der Waals surface area (Å²) in [5.41, 5.74) is 1.83. The summed E-state index contributed by atoms with van der Waals surface area (Å²) in [5, 5.41) is 8.97. The van der Waals surface area contributed by atoms with Crippen molar-refractivity contribution in [3.8, 4) is 0 Å². The Labute approximate surface area is 127 Å². The van der Waals surface area contributed by atoms with Gasteiger partial charge in [-0.3, -0.25) is 4.79 Å². The minimum Gasteiger partial charge on any atom is -0.382 e. The van der Waals surface area contributed by atoms with Gasteiger partial charge in [-0.1, -0.05) is 41.6 Å². The molecule has 0 fully saturated rings. The van der Waals surface area contributed by atoms with E-state index in [4.69, 9.17) is 4.84 Å². The maximum Gasteiger partial charge on any atom is 0.264 e. The summed E-state index contributed by atoms with van der Waals surface area (Å²) in [6.07, 6.45) is 0.862. The fourth-order valence-electron chi connectivity index (χ4n) is 2.20. The third-order valence-electron chi connectivity index (χ3n) is 3.32. The van der Waals surface area contributed by atoms with E-state index in [2.05, 4.69) is 16.5 Å². The Morgan fingerprint density at radius 2 is 2.14 bits per heavy atom. The van der Waals surface area contributed by atoms with Crippen molar-refractivity contribution < 1.29 is 9.63 Å². The number of nitrogens with zero attached hydrogens (tertiary/aromatic N) is 1. The van der Waals surface area contributed by atoms with E-state index < -0.39 is 6.10 Å². The van der Waals surface area contributed by atoms with Crippen molar-refractivity contribution in [3.63, 3.8) is 0 Å². The minimum atomic E-state index is -0.511. The third-order valence-corrected chi connectivity index (χ3v) is 4.26. The second kappa shape index (κ2) is 6.54. The topological polar surface area (TPSA) is 50.7 Å². The molecule has 1 N–H and O–H groups in total. The van der Waals surface area contributed by atoms with Crippen LogP contribution in [0.2, 0.25) is 0 Å². The standard InChI is InChI=1S/C16H16N2O2S/c19-16(17-9-8-13-7-4-10-21-13)15-11-14(18-20-15)12-5-2-1-3-6-12/h1-7,10,15H,8-9,11H2,(H,17,19). The molecule has 4 nitrogen and oxygen atoms in total. The summed E-state index contributed by atoms with van der Waals surface area (Å²) in [4.78, 5) is 18.6. The third kappa shape index (κ3) is 3.49. The molecule has 1 amide bonds. The van der Waals surface area contributed by atoms with Crippen LogP contribution in [0.4, 0.5) is 0 Å². The average Bonchev–Trinajstić information content (AvgIpc) is 3.20. The lowest BCUT2D eigenvalue weighted by Crippen LogP contribution is -2.35. The van der Waals surface area contributed by atoms with Crippen LogP contribution in [-0.2, 0) is 16.1 Å². The molecule has 1 aromatic heterocycles. The first-order valence-electron chi connectivity index (χ1n) is 6.91. The van der Waals surface area contributed by atoms with Gasteiger partial charge in [0.25, 0.3) is 5.91 Å². The molecule has 1 aromatic carbocycles. The molecule has 108 valence electrons. The lowest BCUT2D eigenvalue weighted by Gasteiger charge is -2.08. The molecule has 0 saturated carbocycles. The lowest BCUT2D eigenvalue weighted by atomic mass is 10.0. The summed E-state index contributed by atoms with van der Waals surface area (Å²) >= 11 is 1.70. The largest absolute Gasteiger partial charge is 0.382 e. The van der Waals surface area contributed by atoms with Crippen molar-refractivity contribution in [2.24, 2.45) is 5.16 Å². The summed E-state index contributed by atoms with van der Waals surface area (Å²) in [6.45, 7) is 0.625. The molecule has 0 bridgehead atoms. The van der Waals surface area contributed by atoms with E-state index in [1.807, 2.05) is 41.8 Å². The Morgan fingerprint density at radius 1 is 1.29 bits per heavy atom. The maximum atomic E-state index is 12.0. The quantitative estimate of drug-likeness (QED) is 0.923. The van der Waals surface area contributed by atoms with Crippen LogP contribution in [0.25, 0.3) is 0 Å². The van der Waals surface area contributed by atoms with Gasteiger partial charge in [0.05, 0.1) is 5.71 Å². The summed E-state index contributed by atoms with van der Waals surface area (Å²) in [6, 6.07) is 13.9. The number of rotatable bonds is 5. The summed E-state index contributed by atoms with van der Waals surface area (Å²) in [5.74, 6) is -0.0961. The number of carbonyl (C=O) groups is 1. The van der Waals surface area contributed by atoms with Gasteiger partial charge in [-0.25, -0.2) is 0 Å². The summed E-state index contributed by atoms with van der Waals surface area (Å²) < 4.78 is 0. The van der Waals surface area contributed by atoms with E-state index in [-0.39, 0.29) is 5.91 Å². The Kier molecular flexibility index (Phi) is 4.31. The molecule has 0 aliphatic carbocycles. The maximum absolute atomic E-state index is 12.0. The zero-order valence-electron chi connectivity index (χ0n) is 11.5. The number of hydrogen-bond acceptors (Lipinski definition) is 4. The molecule has 0 saturated heterocycles. The first-order chi connectivity index (χ1) is 10.3. The van der Waals surface area contributed by atoms with E-state index in [1.54, 1.807) is 11.3 Å². The van der Waals surface area contributed by atoms with Crippen LogP contribution in [0.15, 0.2) is 53.0 Å². The van der Waals surface area contributed by atoms with Crippen molar-refractivity contribution in [1.82, 2.24) is 5.32 Å². The zero-order valence-corrected chi connectivity index (χ0v) is 12.3. The van der Waals surface area contributed by atoms with Crippen molar-refractivity contribution in [1.29, 1.82) is 0 Å². The second-order valence-electron chi connectivity index (χ2n) is 4.82. The molecule has 1 unspecified atom stereocenters. The van der Waals surface area contributed by atoms with Gasteiger partial charge in [0.1, 0.15) is 0 Å². The molecule has 5 heteroatoms. The number of nitrogens with one attached hydrogen (secondary N) is 1. The fourth-order valence-corrected chi connectivity index (χ4v) is 2.91. The predicted molar refractivity (Wildman–Crippen MR) is 83.5 cm³/mol. The van der Waals surface area contributed by atoms with Gasteiger partial charge in [0, 0.05) is 17.8 Å². The van der Waals surface area contributed by atoms with Gasteiger partial charge >= 0.3 is 0 Å². The monoisotopic (exact) mass is 300 g/mol. The lowest BCUT2D eigenvalue weighted by molar-refractivity contribution is -0.131. The van der Waals surface area contributed by atoms with Crippen LogP contribution in [-0.4, -0.2) is 24.3 Å². The van der Waals surface area contributed by atoms with Crippen molar-refractivity contribution in [2.45, 2.75) is 18.9 Å². The number of carbonyl (C=O) groups excluding carboxylic acids is 1. The highest BCUT2D eigenvalue weighted by Gasteiger charge is 2.28. The number of amides is 1. The van der Waals surface area contributed by atoms with E-state index in [0.29, 0.717) is 13.0 Å². The molecule has 0 radical (unpaired) electrons. The van der Waals surface area contributed by atoms with Crippen LogP contribution >= 0.6 is 11.3 Å². The SMILES string of the molecule is O=C(NCCc1cccs1)C1CC(c2ccccc2)=NO1. The predicted octanol–water partition coefficient (Wildman–Crippen LogP) is 2.60. The van der Waals surface area contributed by atoms with Gasteiger partial charge < -0.3 is 10.2 Å². The number of oxime groups is 1. The highest BCUT2D eigenvalue weighted by Crippen LogP contribution is 2.16. The van der Waals surface area contributed by atoms with Crippen LogP contribution < -0.4 is 5.32 Å². The number of benzene rings is 1. The normalized spacial score (nSPS) is 17.1. The van der Waals surface area contributed by atoms with Crippen molar-refractivity contribution in [2.75, 3.05) is 6.54 Å². The van der Waals surface area contributed by atoms with Gasteiger partial charge in [-0.2, -0.15) is 0 Å². The molecule has 1 aliphatic heterocycles. The van der Waals surface area contributed by atoms with E-state index in [9.17, 15) is 4.79 Å². The molecule has 21 heavy (non-hydrogen) atoms. The highest BCUT2D eigenvalue weighted by molar-refractivity contribution is 7.09. The van der Waals surface area contributed by atoms with Crippen LogP contribution in [0.1, 0.15) is 16.9 Å². The van der Waals surface area contributed by atoms with E-state index >= 15 is 0 Å². The number of hydrogen-bond donors (Lipinski definition) is 1. The molecular weight excluding hydrogens is 284 g/mol. The average molecular weight is 300 g/mol. The number of thiophene rings is 1. The Bertz CT molecular complexity index is 623. The van der Waals surface area contributed by atoms with Crippen LogP contribution in [0.3, 0.4) is 0 Å². The zero-order chi connectivity index (χ0) is 14.5. The molecule has 1 atom stereocenters. The Balaban J connectivity index is 1.47. The van der Waals surface area contributed by atoms with Crippen molar-refractivity contribution >= 4 is 23.0 Å². The van der Waals surface area contributed by atoms with Crippen LogP contribution in [0.5, 0.6) is 0 Å².